The Balaban J connectivity index is 0. The summed E-state index contributed by atoms with van der Waals surface area (Å²) in [6.07, 6.45) is 16.5. The van der Waals surface area contributed by atoms with E-state index in [9.17, 15) is 15.0 Å². The summed E-state index contributed by atoms with van der Waals surface area (Å²) in [6.45, 7) is 2.04. The topological polar surface area (TPSA) is 60.4 Å². The van der Waals surface area contributed by atoms with E-state index in [1.165, 1.54) is 57.8 Å². The second kappa shape index (κ2) is 19.5. The predicted molar refractivity (Wildman–Crippen MR) is 85.9 cm³/mol. The Hall–Kier alpha value is 0.430. The molecule has 0 bridgehead atoms. The number of aliphatic hydroxyl groups is 1. The number of aliphatic carboxylic acids is 1. The second-order valence-corrected chi connectivity index (χ2v) is 6.22. The van der Waals surface area contributed by atoms with Gasteiger partial charge in [-0.05, 0) is 25.7 Å². The van der Waals surface area contributed by atoms with Crippen molar-refractivity contribution in [2.24, 2.45) is 0 Å². The molecule has 0 aliphatic rings. The third kappa shape index (κ3) is 20.4. The van der Waals surface area contributed by atoms with Gasteiger partial charge in [0.05, 0.1) is 6.10 Å². The minimum Gasteiger partial charge on any atom is -0.550 e. The van der Waals surface area contributed by atoms with Crippen LogP contribution in [0.5, 0.6) is 0 Å². The third-order valence-electron chi connectivity index (χ3n) is 4.14. The van der Waals surface area contributed by atoms with Crippen molar-refractivity contribution in [1.82, 2.24) is 0 Å². The Labute approximate surface area is 159 Å². The molecule has 0 aromatic rings. The maximum absolute atomic E-state index is 10.2. The molecule has 126 valence electrons. The van der Waals surface area contributed by atoms with E-state index in [4.69, 9.17) is 0 Å². The van der Waals surface area contributed by atoms with E-state index in [1.807, 2.05) is 6.92 Å². The van der Waals surface area contributed by atoms with Crippen molar-refractivity contribution in [3.63, 3.8) is 0 Å². The fourth-order valence-corrected chi connectivity index (χ4v) is 2.62. The van der Waals surface area contributed by atoms with Crippen molar-refractivity contribution in [3.05, 3.63) is 0 Å². The van der Waals surface area contributed by atoms with Crippen molar-refractivity contribution in [2.75, 3.05) is 0 Å². The molecule has 3 nitrogen and oxygen atoms in total. The average Bonchev–Trinajstić information content (AvgIpc) is 2.46. The van der Waals surface area contributed by atoms with Crippen LogP contribution >= 0.6 is 0 Å². The maximum Gasteiger partial charge on any atom is 1.00 e. The van der Waals surface area contributed by atoms with Gasteiger partial charge in [-0.2, -0.15) is 0 Å². The Morgan fingerprint density at radius 3 is 1.55 bits per heavy atom. The van der Waals surface area contributed by atoms with Gasteiger partial charge >= 0.3 is 29.6 Å². The first kappa shape index (κ1) is 24.7. The van der Waals surface area contributed by atoms with E-state index in [0.717, 1.165) is 32.1 Å². The van der Waals surface area contributed by atoms with E-state index in [2.05, 4.69) is 0 Å². The van der Waals surface area contributed by atoms with Crippen molar-refractivity contribution in [3.8, 4) is 0 Å². The van der Waals surface area contributed by atoms with E-state index in [1.54, 1.807) is 0 Å². The van der Waals surface area contributed by atoms with Crippen molar-refractivity contribution < 1.29 is 44.6 Å². The number of carboxylic acid groups (broad SMARTS) is 1. The van der Waals surface area contributed by atoms with Gasteiger partial charge in [0.15, 0.2) is 0 Å². The van der Waals surface area contributed by atoms with Gasteiger partial charge in [-0.1, -0.05) is 77.6 Å². The third-order valence-corrected chi connectivity index (χ3v) is 4.14. The molecule has 0 aromatic heterocycles. The zero-order chi connectivity index (χ0) is 15.8. The summed E-state index contributed by atoms with van der Waals surface area (Å²) in [5, 5.41) is 19.7. The van der Waals surface area contributed by atoms with Crippen LogP contribution in [0.25, 0.3) is 0 Å². The molecule has 0 aromatic carbocycles. The van der Waals surface area contributed by atoms with Gasteiger partial charge in [0.2, 0.25) is 0 Å². The first-order chi connectivity index (χ1) is 10.2. The molecular weight excluding hydrogens is 287 g/mol. The number of carboxylic acids is 1. The van der Waals surface area contributed by atoms with Crippen molar-refractivity contribution >= 4 is 5.97 Å². The fourth-order valence-electron chi connectivity index (χ4n) is 2.62. The maximum atomic E-state index is 10.2. The summed E-state index contributed by atoms with van der Waals surface area (Å²) in [4.78, 5) is 10.2. The van der Waals surface area contributed by atoms with Crippen LogP contribution < -0.4 is 34.7 Å². The molecule has 0 aliphatic heterocycles. The molecule has 1 atom stereocenters. The number of hydrogen-bond acceptors (Lipinski definition) is 3. The number of unbranched alkanes of at least 4 members (excludes halogenated alkanes) is 11. The van der Waals surface area contributed by atoms with Crippen LogP contribution in [-0.2, 0) is 4.79 Å². The summed E-state index contributed by atoms with van der Waals surface area (Å²) in [6, 6.07) is 0. The largest absolute Gasteiger partial charge is 1.00 e. The van der Waals surface area contributed by atoms with Gasteiger partial charge < -0.3 is 15.0 Å². The molecule has 0 rings (SSSR count). The van der Waals surface area contributed by atoms with Crippen LogP contribution in [-0.4, -0.2) is 17.2 Å². The standard InChI is InChI=1S/C18H36O3.Na/c1-2-17(19)15-13-11-9-7-5-3-4-6-8-10-12-14-16-18(20)21;/h17,19H,2-16H2,1H3,(H,20,21);/q;+1/p-1. The molecule has 1 N–H and O–H groups in total. The number of carbonyl (C=O) groups is 1. The SMILES string of the molecule is CCC(O)CCCCCCCCCCCCCCC(=O)[O-].[Na+]. The summed E-state index contributed by atoms with van der Waals surface area (Å²) in [5.41, 5.74) is 0. The minimum absolute atomic E-state index is 0. The van der Waals surface area contributed by atoms with Crippen LogP contribution in [0.4, 0.5) is 0 Å². The summed E-state index contributed by atoms with van der Waals surface area (Å²) >= 11 is 0. The Morgan fingerprint density at radius 1 is 0.818 bits per heavy atom. The van der Waals surface area contributed by atoms with Gasteiger partial charge in [0, 0.05) is 5.97 Å². The predicted octanol–water partition coefficient (Wildman–Crippen LogP) is 0.973. The zero-order valence-corrected chi connectivity index (χ0v) is 16.9. The number of rotatable bonds is 16. The van der Waals surface area contributed by atoms with Crippen LogP contribution in [0.3, 0.4) is 0 Å². The molecule has 1 unspecified atom stereocenters. The molecule has 0 saturated heterocycles. The van der Waals surface area contributed by atoms with E-state index in [0.29, 0.717) is 0 Å². The number of aliphatic hydroxyl groups excluding tert-OH is 1. The van der Waals surface area contributed by atoms with Gasteiger partial charge in [0.25, 0.3) is 0 Å². The average molecular weight is 322 g/mol. The molecule has 0 radical (unpaired) electrons. The molecule has 0 aliphatic carbocycles. The molecule has 4 heteroatoms. The van der Waals surface area contributed by atoms with Crippen LogP contribution in [0.15, 0.2) is 0 Å². The minimum atomic E-state index is -0.917. The van der Waals surface area contributed by atoms with Crippen LogP contribution in [0, 0.1) is 0 Å². The van der Waals surface area contributed by atoms with Crippen molar-refractivity contribution in [2.45, 2.75) is 109 Å². The monoisotopic (exact) mass is 322 g/mol. The molecule has 22 heavy (non-hydrogen) atoms. The fraction of sp³-hybridized carbons (Fsp3) is 0.944. The summed E-state index contributed by atoms with van der Waals surface area (Å²) in [7, 11) is 0. The molecule has 0 spiro atoms. The second-order valence-electron chi connectivity index (χ2n) is 6.22. The molecule has 0 fully saturated rings. The molecule has 0 amide bonds. The zero-order valence-electron chi connectivity index (χ0n) is 14.9. The summed E-state index contributed by atoms with van der Waals surface area (Å²) < 4.78 is 0. The van der Waals surface area contributed by atoms with E-state index in [-0.39, 0.29) is 42.1 Å². The number of hydrogen-bond donors (Lipinski definition) is 1. The Kier molecular flexibility index (Phi) is 21.8. The van der Waals surface area contributed by atoms with Gasteiger partial charge in [-0.25, -0.2) is 0 Å². The Morgan fingerprint density at radius 2 is 1.18 bits per heavy atom. The van der Waals surface area contributed by atoms with Gasteiger partial charge in [-0.3, -0.25) is 0 Å². The van der Waals surface area contributed by atoms with Gasteiger partial charge in [-0.15, -0.1) is 0 Å². The first-order valence-corrected chi connectivity index (χ1v) is 9.04. The molecule has 0 heterocycles. The molecule has 0 saturated carbocycles. The van der Waals surface area contributed by atoms with Crippen molar-refractivity contribution in [1.29, 1.82) is 0 Å². The summed E-state index contributed by atoms with van der Waals surface area (Å²) in [5.74, 6) is -0.917. The Bertz CT molecular complexity index is 234. The number of carbonyl (C=O) groups excluding carboxylic acids is 1. The molecular formula is C18H35NaO3. The van der Waals surface area contributed by atoms with E-state index >= 15 is 0 Å². The van der Waals surface area contributed by atoms with Crippen LogP contribution in [0.1, 0.15) is 103 Å². The van der Waals surface area contributed by atoms with E-state index < -0.39 is 5.97 Å². The first-order valence-electron chi connectivity index (χ1n) is 9.04. The van der Waals surface area contributed by atoms with Gasteiger partial charge in [0.1, 0.15) is 0 Å². The quantitative estimate of drug-likeness (QED) is 0.340. The smallest absolute Gasteiger partial charge is 0.550 e. The normalized spacial score (nSPS) is 11.9. The van der Waals surface area contributed by atoms with Crippen LogP contribution in [0.2, 0.25) is 0 Å².